The first-order chi connectivity index (χ1) is 14.5. The third kappa shape index (κ3) is 4.07. The molecule has 1 N–H and O–H groups in total. The van der Waals surface area contributed by atoms with Crippen LogP contribution in [-0.2, 0) is 13.1 Å². The number of carbonyl (C=O) groups excluding carboxylic acids is 1. The summed E-state index contributed by atoms with van der Waals surface area (Å²) in [7, 11) is 0. The van der Waals surface area contributed by atoms with Gasteiger partial charge in [0.2, 0.25) is 0 Å². The van der Waals surface area contributed by atoms with Crippen LogP contribution < -0.4 is 10.9 Å². The lowest BCUT2D eigenvalue weighted by Crippen LogP contribution is -2.33. The summed E-state index contributed by atoms with van der Waals surface area (Å²) >= 11 is 0. The Bertz CT molecular complexity index is 1300. The average molecular weight is 406 g/mol. The molecule has 4 aromatic rings. The number of hydrogen-bond acceptors (Lipinski definition) is 4. The summed E-state index contributed by atoms with van der Waals surface area (Å²) in [6.07, 6.45) is 4.14. The fourth-order valence-electron chi connectivity index (χ4n) is 3.07. The van der Waals surface area contributed by atoms with E-state index in [2.05, 4.69) is 15.3 Å². The number of fused-ring (bicyclic) bond motifs is 1. The first-order valence-electron chi connectivity index (χ1n) is 9.11. The van der Waals surface area contributed by atoms with Crippen molar-refractivity contribution in [2.24, 2.45) is 0 Å². The molecule has 150 valence electrons. The maximum atomic E-state index is 13.4. The third-order valence-corrected chi connectivity index (χ3v) is 4.60. The zero-order chi connectivity index (χ0) is 21.1. The molecule has 0 radical (unpaired) electrons. The highest BCUT2D eigenvalue weighted by molar-refractivity contribution is 5.93. The molecule has 4 rings (SSSR count). The lowest BCUT2D eigenvalue weighted by atomic mass is 10.1. The molecule has 1 amide bonds. The summed E-state index contributed by atoms with van der Waals surface area (Å²) in [5.74, 6) is -2.55. The Labute approximate surface area is 169 Å². The van der Waals surface area contributed by atoms with Crippen LogP contribution >= 0.6 is 0 Å². The minimum atomic E-state index is -1.01. The molecule has 0 unspecified atom stereocenters. The van der Waals surface area contributed by atoms with E-state index in [0.717, 1.165) is 28.6 Å². The van der Waals surface area contributed by atoms with Crippen LogP contribution in [0.2, 0.25) is 0 Å². The van der Waals surface area contributed by atoms with Gasteiger partial charge in [0.1, 0.15) is 5.56 Å². The molecule has 0 atom stereocenters. The van der Waals surface area contributed by atoms with E-state index in [1.165, 1.54) is 23.2 Å². The van der Waals surface area contributed by atoms with Gasteiger partial charge in [-0.05, 0) is 41.5 Å². The van der Waals surface area contributed by atoms with E-state index in [1.54, 1.807) is 6.20 Å². The number of hydrogen-bond donors (Lipinski definition) is 1. The van der Waals surface area contributed by atoms with Gasteiger partial charge >= 0.3 is 0 Å². The van der Waals surface area contributed by atoms with Gasteiger partial charge in [0, 0.05) is 24.3 Å². The molecule has 2 heterocycles. The molecule has 8 heteroatoms. The van der Waals surface area contributed by atoms with Crippen molar-refractivity contribution in [1.29, 1.82) is 0 Å². The van der Waals surface area contributed by atoms with E-state index in [-0.39, 0.29) is 18.7 Å². The molecule has 0 saturated carbocycles. The van der Waals surface area contributed by atoms with Crippen molar-refractivity contribution < 1.29 is 13.6 Å². The van der Waals surface area contributed by atoms with E-state index in [1.807, 2.05) is 30.3 Å². The van der Waals surface area contributed by atoms with Gasteiger partial charge in [-0.3, -0.25) is 19.1 Å². The quantitative estimate of drug-likeness (QED) is 0.553. The normalized spacial score (nSPS) is 10.9. The highest BCUT2D eigenvalue weighted by Gasteiger charge is 2.14. The first-order valence-corrected chi connectivity index (χ1v) is 9.11. The average Bonchev–Trinajstić information content (AvgIpc) is 2.76. The Kier molecular flexibility index (Phi) is 5.30. The van der Waals surface area contributed by atoms with Gasteiger partial charge in [0.15, 0.2) is 11.6 Å². The number of halogens is 2. The van der Waals surface area contributed by atoms with E-state index in [4.69, 9.17) is 0 Å². The number of nitrogens with one attached hydrogen (secondary N) is 1. The maximum Gasteiger partial charge on any atom is 0.266 e. The van der Waals surface area contributed by atoms with Crippen LogP contribution in [0, 0.1) is 11.6 Å². The summed E-state index contributed by atoms with van der Waals surface area (Å²) in [6, 6.07) is 12.7. The third-order valence-electron chi connectivity index (χ3n) is 4.60. The van der Waals surface area contributed by atoms with Gasteiger partial charge in [-0.15, -0.1) is 0 Å². The number of amides is 1. The van der Waals surface area contributed by atoms with Gasteiger partial charge in [0.25, 0.3) is 11.5 Å². The number of rotatable bonds is 5. The molecule has 0 aliphatic rings. The van der Waals surface area contributed by atoms with Gasteiger partial charge in [-0.25, -0.2) is 13.8 Å². The SMILES string of the molecule is O=C(NCc1ccc2ncccc2c1)c1cncn(Cc2ccc(F)c(F)c2)c1=O. The van der Waals surface area contributed by atoms with Gasteiger partial charge in [-0.1, -0.05) is 18.2 Å². The smallest absolute Gasteiger partial charge is 0.266 e. The Hall–Kier alpha value is -3.94. The number of pyridine rings is 1. The van der Waals surface area contributed by atoms with E-state index in [9.17, 15) is 18.4 Å². The summed E-state index contributed by atoms with van der Waals surface area (Å²) < 4.78 is 27.7. The van der Waals surface area contributed by atoms with Crippen molar-refractivity contribution in [3.8, 4) is 0 Å². The zero-order valence-electron chi connectivity index (χ0n) is 15.7. The fraction of sp³-hybridized carbons (Fsp3) is 0.0909. The topological polar surface area (TPSA) is 76.9 Å². The lowest BCUT2D eigenvalue weighted by molar-refractivity contribution is 0.0948. The van der Waals surface area contributed by atoms with Crippen LogP contribution in [0.1, 0.15) is 21.5 Å². The molecular formula is C22H16F2N4O2. The van der Waals surface area contributed by atoms with Gasteiger partial charge < -0.3 is 5.32 Å². The van der Waals surface area contributed by atoms with Crippen molar-refractivity contribution in [3.63, 3.8) is 0 Å². The Morgan fingerprint density at radius 2 is 1.87 bits per heavy atom. The maximum absolute atomic E-state index is 13.4. The van der Waals surface area contributed by atoms with Crippen LogP contribution in [0.3, 0.4) is 0 Å². The Morgan fingerprint density at radius 3 is 2.70 bits per heavy atom. The van der Waals surface area contributed by atoms with Crippen LogP contribution in [0.5, 0.6) is 0 Å². The molecule has 30 heavy (non-hydrogen) atoms. The van der Waals surface area contributed by atoms with Crippen LogP contribution in [0.4, 0.5) is 8.78 Å². The monoisotopic (exact) mass is 406 g/mol. The van der Waals surface area contributed by atoms with Crippen LogP contribution in [0.25, 0.3) is 10.9 Å². The largest absolute Gasteiger partial charge is 0.348 e. The highest BCUT2D eigenvalue weighted by atomic mass is 19.2. The summed E-state index contributed by atoms with van der Waals surface area (Å²) in [5.41, 5.74) is 1.37. The van der Waals surface area contributed by atoms with Crippen molar-refractivity contribution in [2.75, 3.05) is 0 Å². The number of aromatic nitrogens is 3. The van der Waals surface area contributed by atoms with E-state index >= 15 is 0 Å². The number of carbonyl (C=O) groups is 1. The predicted octanol–water partition coefficient (Wildman–Crippen LogP) is 3.05. The Balaban J connectivity index is 1.50. The summed E-state index contributed by atoms with van der Waals surface area (Å²) in [5, 5.41) is 3.65. The zero-order valence-corrected chi connectivity index (χ0v) is 15.7. The van der Waals surface area contributed by atoms with Crippen molar-refractivity contribution >= 4 is 16.8 Å². The van der Waals surface area contributed by atoms with Crippen LogP contribution in [0.15, 0.2) is 72.0 Å². The molecule has 0 fully saturated rings. The minimum absolute atomic E-state index is 0.0399. The van der Waals surface area contributed by atoms with Crippen molar-refractivity contribution in [3.05, 3.63) is 106 Å². The van der Waals surface area contributed by atoms with Crippen molar-refractivity contribution in [1.82, 2.24) is 19.9 Å². The van der Waals surface area contributed by atoms with Crippen molar-refractivity contribution in [2.45, 2.75) is 13.1 Å². The Morgan fingerprint density at radius 1 is 1.03 bits per heavy atom. The number of benzene rings is 2. The summed E-state index contributed by atoms with van der Waals surface area (Å²) in [4.78, 5) is 33.3. The minimum Gasteiger partial charge on any atom is -0.348 e. The second-order valence-corrected chi connectivity index (χ2v) is 6.70. The highest BCUT2D eigenvalue weighted by Crippen LogP contribution is 2.13. The number of nitrogens with zero attached hydrogens (tertiary/aromatic N) is 3. The molecule has 2 aromatic carbocycles. The van der Waals surface area contributed by atoms with Crippen LogP contribution in [-0.4, -0.2) is 20.4 Å². The lowest BCUT2D eigenvalue weighted by Gasteiger charge is -2.09. The van der Waals surface area contributed by atoms with Gasteiger partial charge in [0.05, 0.1) is 18.4 Å². The van der Waals surface area contributed by atoms with E-state index < -0.39 is 23.1 Å². The van der Waals surface area contributed by atoms with Gasteiger partial charge in [-0.2, -0.15) is 0 Å². The predicted molar refractivity (Wildman–Crippen MR) is 107 cm³/mol. The molecule has 0 aliphatic heterocycles. The molecule has 0 bridgehead atoms. The standard InChI is InChI=1S/C22H16F2N4O2/c23-18-5-3-15(9-19(18)24)12-28-13-25-11-17(22(28)30)21(29)27-10-14-4-6-20-16(8-14)2-1-7-26-20/h1-9,11,13H,10,12H2,(H,27,29). The fourth-order valence-corrected chi connectivity index (χ4v) is 3.07. The second-order valence-electron chi connectivity index (χ2n) is 6.70. The molecule has 6 nitrogen and oxygen atoms in total. The molecule has 0 saturated heterocycles. The molecule has 2 aromatic heterocycles. The molecule has 0 spiro atoms. The second kappa shape index (κ2) is 8.20. The molecular weight excluding hydrogens is 390 g/mol. The first kappa shape index (κ1) is 19.4. The molecule has 0 aliphatic carbocycles. The summed E-state index contributed by atoms with van der Waals surface area (Å²) in [6.45, 7) is 0.184. The van der Waals surface area contributed by atoms with E-state index in [0.29, 0.717) is 5.56 Å².